The third-order valence-electron chi connectivity index (χ3n) is 5.30. The van der Waals surface area contributed by atoms with Crippen LogP contribution in [0.3, 0.4) is 0 Å². The molecule has 0 fully saturated rings. The van der Waals surface area contributed by atoms with Crippen molar-refractivity contribution in [2.45, 2.75) is 26.3 Å². The van der Waals surface area contributed by atoms with Crippen molar-refractivity contribution in [3.8, 4) is 5.88 Å². The molecule has 0 aliphatic rings. The number of aromatic nitrogens is 2. The molecule has 3 aromatic rings. The molecule has 9 heteroatoms. The van der Waals surface area contributed by atoms with E-state index in [1.807, 2.05) is 19.0 Å². The summed E-state index contributed by atoms with van der Waals surface area (Å²) in [5.41, 5.74) is 0.476. The Labute approximate surface area is 190 Å². The van der Waals surface area contributed by atoms with Gasteiger partial charge in [0.2, 0.25) is 11.3 Å². The Kier molecular flexibility index (Phi) is 7.78. The van der Waals surface area contributed by atoms with Crippen LogP contribution in [0.2, 0.25) is 0 Å². The lowest BCUT2D eigenvalue weighted by Gasteiger charge is -2.16. The number of carbonyl (C=O) groups is 1. The summed E-state index contributed by atoms with van der Waals surface area (Å²) in [6, 6.07) is 6.59. The third-order valence-corrected chi connectivity index (χ3v) is 5.30. The number of ether oxygens (including phenoxy) is 1. The fourth-order valence-corrected chi connectivity index (χ4v) is 3.62. The van der Waals surface area contributed by atoms with E-state index in [4.69, 9.17) is 4.74 Å². The van der Waals surface area contributed by atoms with Gasteiger partial charge >= 0.3 is 5.97 Å². The lowest BCUT2D eigenvalue weighted by molar-refractivity contribution is 0.0694. The molecular formula is C24H28FN3O5. The third kappa shape index (κ3) is 5.55. The van der Waals surface area contributed by atoms with Gasteiger partial charge in [0.05, 0.1) is 18.6 Å². The van der Waals surface area contributed by atoms with Crippen molar-refractivity contribution < 1.29 is 24.1 Å². The van der Waals surface area contributed by atoms with Crippen LogP contribution in [0.1, 0.15) is 33.5 Å². The first-order valence-electron chi connectivity index (χ1n) is 10.7. The number of aryl methyl sites for hydroxylation is 1. The van der Waals surface area contributed by atoms with Crippen LogP contribution in [0.4, 0.5) is 4.39 Å². The van der Waals surface area contributed by atoms with E-state index in [1.54, 1.807) is 25.1 Å². The topological polar surface area (TPSA) is 105 Å². The molecule has 0 bridgehead atoms. The van der Waals surface area contributed by atoms with Gasteiger partial charge in [0.15, 0.2) is 0 Å². The van der Waals surface area contributed by atoms with Gasteiger partial charge in [0.1, 0.15) is 17.0 Å². The minimum atomic E-state index is -1.37. The van der Waals surface area contributed by atoms with Crippen LogP contribution < -0.4 is 10.2 Å². The van der Waals surface area contributed by atoms with Crippen molar-refractivity contribution in [1.82, 2.24) is 14.5 Å². The standard InChI is InChI=1S/C24H28FN3O5/c1-15-6-4-7-16(20(15)25)12-17-13-18-21(30)19(24(31)32)14-28(9-10-29)22(18)26-23(17)33-11-5-8-27(2)3/h4,6-7,13-14,29H,5,8-12H2,1-3H3,(H,31,32). The van der Waals surface area contributed by atoms with Crippen LogP contribution in [0.5, 0.6) is 5.88 Å². The highest BCUT2D eigenvalue weighted by molar-refractivity contribution is 5.92. The maximum atomic E-state index is 14.7. The molecule has 2 heterocycles. The molecular weight excluding hydrogens is 429 g/mol. The zero-order chi connectivity index (χ0) is 24.1. The van der Waals surface area contributed by atoms with Gasteiger partial charge in [-0.1, -0.05) is 18.2 Å². The number of pyridine rings is 2. The Morgan fingerprint density at radius 1 is 1.27 bits per heavy atom. The number of halogens is 1. The predicted molar refractivity (Wildman–Crippen MR) is 123 cm³/mol. The lowest BCUT2D eigenvalue weighted by Crippen LogP contribution is -2.21. The molecule has 1 aromatic carbocycles. The molecule has 0 radical (unpaired) electrons. The van der Waals surface area contributed by atoms with Crippen LogP contribution >= 0.6 is 0 Å². The van der Waals surface area contributed by atoms with Crippen molar-refractivity contribution >= 4 is 17.0 Å². The minimum Gasteiger partial charge on any atom is -0.477 e. The Bertz CT molecular complexity index is 1220. The Morgan fingerprint density at radius 3 is 2.70 bits per heavy atom. The van der Waals surface area contributed by atoms with E-state index in [0.29, 0.717) is 23.3 Å². The molecule has 0 saturated carbocycles. The summed E-state index contributed by atoms with van der Waals surface area (Å²) in [5.74, 6) is -1.48. The number of aliphatic hydroxyl groups excluding tert-OH is 1. The lowest BCUT2D eigenvalue weighted by atomic mass is 10.0. The fraction of sp³-hybridized carbons (Fsp3) is 0.375. The zero-order valence-corrected chi connectivity index (χ0v) is 19.0. The number of hydrogen-bond acceptors (Lipinski definition) is 6. The first-order valence-corrected chi connectivity index (χ1v) is 10.7. The average Bonchev–Trinajstić information content (AvgIpc) is 2.76. The van der Waals surface area contributed by atoms with E-state index in [-0.39, 0.29) is 42.3 Å². The monoisotopic (exact) mass is 457 g/mol. The molecule has 0 aliphatic carbocycles. The first kappa shape index (κ1) is 24.3. The largest absolute Gasteiger partial charge is 0.477 e. The highest BCUT2D eigenvalue weighted by atomic mass is 19.1. The highest BCUT2D eigenvalue weighted by Gasteiger charge is 2.20. The van der Waals surface area contributed by atoms with Crippen molar-refractivity contribution in [2.75, 3.05) is 33.9 Å². The normalized spacial score (nSPS) is 11.3. The number of benzene rings is 1. The van der Waals surface area contributed by atoms with Gasteiger partial charge in [-0.05, 0) is 44.6 Å². The molecule has 176 valence electrons. The van der Waals surface area contributed by atoms with Crippen LogP contribution in [0, 0.1) is 12.7 Å². The molecule has 2 aromatic heterocycles. The van der Waals surface area contributed by atoms with E-state index in [0.717, 1.165) is 13.0 Å². The highest BCUT2D eigenvalue weighted by Crippen LogP contribution is 2.26. The number of carboxylic acid groups (broad SMARTS) is 1. The van der Waals surface area contributed by atoms with E-state index >= 15 is 0 Å². The zero-order valence-electron chi connectivity index (χ0n) is 19.0. The molecule has 0 atom stereocenters. The molecule has 3 rings (SSSR count). The second-order valence-electron chi connectivity index (χ2n) is 8.15. The number of carboxylic acids is 1. The number of nitrogens with zero attached hydrogens (tertiary/aromatic N) is 3. The van der Waals surface area contributed by atoms with Gasteiger partial charge in [-0.2, -0.15) is 4.98 Å². The summed E-state index contributed by atoms with van der Waals surface area (Å²) in [5, 5.41) is 19.0. The summed E-state index contributed by atoms with van der Waals surface area (Å²) in [6.07, 6.45) is 2.02. The van der Waals surface area contributed by atoms with Crippen molar-refractivity contribution in [3.05, 3.63) is 68.8 Å². The van der Waals surface area contributed by atoms with Crippen LogP contribution in [0.25, 0.3) is 11.0 Å². The maximum absolute atomic E-state index is 14.7. The second kappa shape index (κ2) is 10.5. The van der Waals surface area contributed by atoms with Gasteiger partial charge in [0.25, 0.3) is 0 Å². The van der Waals surface area contributed by atoms with Gasteiger partial charge in [-0.25, -0.2) is 9.18 Å². The van der Waals surface area contributed by atoms with E-state index in [2.05, 4.69) is 4.98 Å². The van der Waals surface area contributed by atoms with Crippen LogP contribution in [0.15, 0.2) is 35.3 Å². The molecule has 0 saturated heterocycles. The minimum absolute atomic E-state index is 0.0516. The molecule has 33 heavy (non-hydrogen) atoms. The Hall–Kier alpha value is -3.30. The molecule has 8 nitrogen and oxygen atoms in total. The first-order chi connectivity index (χ1) is 15.7. The number of aromatic carboxylic acids is 1. The van der Waals surface area contributed by atoms with Crippen molar-refractivity contribution in [3.63, 3.8) is 0 Å². The van der Waals surface area contributed by atoms with Gasteiger partial charge in [-0.3, -0.25) is 4.79 Å². The van der Waals surface area contributed by atoms with Gasteiger partial charge < -0.3 is 24.4 Å². The quantitative estimate of drug-likeness (QED) is 0.451. The smallest absolute Gasteiger partial charge is 0.341 e. The summed E-state index contributed by atoms with van der Waals surface area (Å²) in [6.45, 7) is 2.61. The van der Waals surface area contributed by atoms with E-state index in [9.17, 15) is 24.2 Å². The van der Waals surface area contributed by atoms with Gasteiger partial charge in [-0.15, -0.1) is 0 Å². The average molecular weight is 458 g/mol. The summed E-state index contributed by atoms with van der Waals surface area (Å²) in [7, 11) is 3.90. The summed E-state index contributed by atoms with van der Waals surface area (Å²) >= 11 is 0. The summed E-state index contributed by atoms with van der Waals surface area (Å²) in [4.78, 5) is 31.0. The fourth-order valence-electron chi connectivity index (χ4n) is 3.62. The van der Waals surface area contributed by atoms with Crippen LogP contribution in [-0.4, -0.2) is 64.5 Å². The van der Waals surface area contributed by atoms with Gasteiger partial charge in [0, 0.05) is 31.3 Å². The molecule has 0 aliphatic heterocycles. The Balaban J connectivity index is 2.16. The van der Waals surface area contributed by atoms with Crippen molar-refractivity contribution in [2.24, 2.45) is 0 Å². The number of hydrogen-bond donors (Lipinski definition) is 2. The maximum Gasteiger partial charge on any atom is 0.341 e. The number of fused-ring (bicyclic) bond motifs is 1. The Morgan fingerprint density at radius 2 is 2.03 bits per heavy atom. The number of aliphatic hydroxyl groups is 1. The SMILES string of the molecule is Cc1cccc(Cc2cc3c(=O)c(C(=O)O)cn(CCO)c3nc2OCCCN(C)C)c1F. The van der Waals surface area contributed by atoms with E-state index in [1.165, 1.54) is 16.8 Å². The second-order valence-corrected chi connectivity index (χ2v) is 8.15. The molecule has 0 unspecified atom stereocenters. The van der Waals surface area contributed by atoms with Crippen LogP contribution in [-0.2, 0) is 13.0 Å². The molecule has 0 spiro atoms. The number of rotatable bonds is 10. The molecule has 2 N–H and O–H groups in total. The van der Waals surface area contributed by atoms with Crippen molar-refractivity contribution in [1.29, 1.82) is 0 Å². The van der Waals surface area contributed by atoms with E-state index < -0.39 is 17.0 Å². The molecule has 0 amide bonds. The predicted octanol–water partition coefficient (Wildman–Crippen LogP) is 2.46. The summed E-state index contributed by atoms with van der Waals surface area (Å²) < 4.78 is 22.1.